The molecule has 0 bridgehead atoms. The number of nitrogens with one attached hydrogen (secondary N) is 2. The normalized spacial score (nSPS) is 10.2. The van der Waals surface area contributed by atoms with E-state index in [0.717, 1.165) is 15.7 Å². The van der Waals surface area contributed by atoms with Crippen molar-refractivity contribution < 1.29 is 4.79 Å². The van der Waals surface area contributed by atoms with Gasteiger partial charge in [-0.05, 0) is 42.8 Å². The van der Waals surface area contributed by atoms with Gasteiger partial charge in [0.25, 0.3) is 5.91 Å². The first-order valence-corrected chi connectivity index (χ1v) is 7.55. The van der Waals surface area contributed by atoms with Crippen LogP contribution in [0.5, 0.6) is 0 Å². The molecule has 0 unspecified atom stereocenters. The molecular formula is C16H18BrN3O. The van der Waals surface area contributed by atoms with Crippen LogP contribution >= 0.6 is 15.9 Å². The topological polar surface area (TPSA) is 67.2 Å². The molecule has 2 aromatic rings. The molecule has 0 saturated heterocycles. The summed E-state index contributed by atoms with van der Waals surface area (Å²) in [6, 6.07) is 13.3. The average Bonchev–Trinajstić information content (AvgIpc) is 2.46. The van der Waals surface area contributed by atoms with Crippen molar-refractivity contribution in [2.45, 2.75) is 13.5 Å². The Balaban J connectivity index is 2.12. The first-order chi connectivity index (χ1) is 10.1. The number of carbonyl (C=O) groups is 1. The maximum atomic E-state index is 11.8. The third-order valence-corrected chi connectivity index (χ3v) is 3.52. The van der Waals surface area contributed by atoms with Crippen molar-refractivity contribution in [1.29, 1.82) is 0 Å². The Hall–Kier alpha value is -2.01. The van der Waals surface area contributed by atoms with Crippen molar-refractivity contribution in [3.8, 4) is 0 Å². The fourth-order valence-electron chi connectivity index (χ4n) is 1.96. The molecule has 4 nitrogen and oxygen atoms in total. The van der Waals surface area contributed by atoms with Gasteiger partial charge in [-0.15, -0.1) is 0 Å². The van der Waals surface area contributed by atoms with Gasteiger partial charge in [0.15, 0.2) is 0 Å². The van der Waals surface area contributed by atoms with Gasteiger partial charge in [-0.1, -0.05) is 28.1 Å². The number of benzene rings is 2. The molecule has 0 aliphatic heterocycles. The van der Waals surface area contributed by atoms with Crippen LogP contribution < -0.4 is 16.4 Å². The number of amides is 1. The molecule has 0 fully saturated rings. The Morgan fingerprint density at radius 2 is 2.05 bits per heavy atom. The van der Waals surface area contributed by atoms with E-state index in [1.165, 1.54) is 0 Å². The summed E-state index contributed by atoms with van der Waals surface area (Å²) in [6.07, 6.45) is 0. The maximum absolute atomic E-state index is 11.8. The van der Waals surface area contributed by atoms with E-state index in [4.69, 9.17) is 5.73 Å². The van der Waals surface area contributed by atoms with Crippen LogP contribution in [0.2, 0.25) is 0 Å². The van der Waals surface area contributed by atoms with Gasteiger partial charge in [-0.25, -0.2) is 0 Å². The SMILES string of the molecule is CCNC(=O)c1ccc(N)c(NCc2cccc(Br)c2)c1. The zero-order valence-corrected chi connectivity index (χ0v) is 13.4. The summed E-state index contributed by atoms with van der Waals surface area (Å²) >= 11 is 3.45. The van der Waals surface area contributed by atoms with Gasteiger partial charge >= 0.3 is 0 Å². The second kappa shape index (κ2) is 7.13. The lowest BCUT2D eigenvalue weighted by Gasteiger charge is -2.11. The number of nitrogen functional groups attached to an aromatic ring is 1. The molecule has 0 saturated carbocycles. The van der Waals surface area contributed by atoms with Crippen molar-refractivity contribution >= 4 is 33.2 Å². The molecule has 0 aromatic heterocycles. The standard InChI is InChI=1S/C16H18BrN3O/c1-2-19-16(21)12-6-7-14(18)15(9-12)20-10-11-4-3-5-13(17)8-11/h3-9,20H,2,10,18H2,1H3,(H,19,21). The van der Waals surface area contributed by atoms with Crippen molar-refractivity contribution in [2.24, 2.45) is 0 Å². The first kappa shape index (κ1) is 15.4. The molecule has 0 aliphatic carbocycles. The van der Waals surface area contributed by atoms with Crippen LogP contribution in [0.1, 0.15) is 22.8 Å². The van der Waals surface area contributed by atoms with Crippen LogP contribution in [-0.4, -0.2) is 12.5 Å². The fourth-order valence-corrected chi connectivity index (χ4v) is 2.40. The average molecular weight is 348 g/mol. The molecule has 0 heterocycles. The molecule has 0 spiro atoms. The van der Waals surface area contributed by atoms with Gasteiger partial charge in [-0.2, -0.15) is 0 Å². The molecule has 0 aliphatic rings. The number of anilines is 2. The Morgan fingerprint density at radius 3 is 2.76 bits per heavy atom. The summed E-state index contributed by atoms with van der Waals surface area (Å²) in [5.74, 6) is -0.0944. The van der Waals surface area contributed by atoms with E-state index in [-0.39, 0.29) is 5.91 Å². The maximum Gasteiger partial charge on any atom is 0.251 e. The lowest BCUT2D eigenvalue weighted by atomic mass is 10.1. The zero-order valence-electron chi connectivity index (χ0n) is 11.8. The van der Waals surface area contributed by atoms with Crippen LogP contribution in [-0.2, 0) is 6.54 Å². The minimum absolute atomic E-state index is 0.0944. The molecule has 4 N–H and O–H groups in total. The first-order valence-electron chi connectivity index (χ1n) is 6.76. The predicted molar refractivity (Wildman–Crippen MR) is 90.3 cm³/mol. The molecular weight excluding hydrogens is 330 g/mol. The third-order valence-electron chi connectivity index (χ3n) is 3.02. The van der Waals surface area contributed by atoms with Crippen LogP contribution in [0, 0.1) is 0 Å². The Morgan fingerprint density at radius 1 is 1.24 bits per heavy atom. The summed E-state index contributed by atoms with van der Waals surface area (Å²) in [5, 5.41) is 6.04. The summed E-state index contributed by atoms with van der Waals surface area (Å²) in [7, 11) is 0. The number of halogens is 1. The van der Waals surface area contributed by atoms with Gasteiger partial charge in [0, 0.05) is 23.1 Å². The highest BCUT2D eigenvalue weighted by atomic mass is 79.9. The Labute approximate surface area is 132 Å². The predicted octanol–water partition coefficient (Wildman–Crippen LogP) is 3.39. The highest BCUT2D eigenvalue weighted by molar-refractivity contribution is 9.10. The van der Waals surface area contributed by atoms with Crippen molar-refractivity contribution in [3.05, 3.63) is 58.1 Å². The van der Waals surface area contributed by atoms with Gasteiger partial charge in [0.2, 0.25) is 0 Å². The smallest absolute Gasteiger partial charge is 0.251 e. The van der Waals surface area contributed by atoms with E-state index in [2.05, 4.69) is 26.6 Å². The van der Waals surface area contributed by atoms with Crippen LogP contribution in [0.3, 0.4) is 0 Å². The van der Waals surface area contributed by atoms with Gasteiger partial charge in [0.05, 0.1) is 11.4 Å². The van der Waals surface area contributed by atoms with Crippen LogP contribution in [0.25, 0.3) is 0 Å². The quantitative estimate of drug-likeness (QED) is 0.726. The lowest BCUT2D eigenvalue weighted by molar-refractivity contribution is 0.0956. The van der Waals surface area contributed by atoms with E-state index in [1.807, 2.05) is 31.2 Å². The van der Waals surface area contributed by atoms with E-state index < -0.39 is 0 Å². The molecule has 5 heteroatoms. The zero-order chi connectivity index (χ0) is 15.2. The van der Waals surface area contributed by atoms with E-state index in [9.17, 15) is 4.79 Å². The molecule has 0 radical (unpaired) electrons. The summed E-state index contributed by atoms with van der Waals surface area (Å²) < 4.78 is 1.03. The number of hydrogen-bond acceptors (Lipinski definition) is 3. The fraction of sp³-hybridized carbons (Fsp3) is 0.188. The highest BCUT2D eigenvalue weighted by Crippen LogP contribution is 2.21. The summed E-state index contributed by atoms with van der Waals surface area (Å²) in [4.78, 5) is 11.8. The number of carbonyl (C=O) groups excluding carboxylic acids is 1. The lowest BCUT2D eigenvalue weighted by Crippen LogP contribution is -2.22. The van der Waals surface area contributed by atoms with Crippen LogP contribution in [0.4, 0.5) is 11.4 Å². The minimum Gasteiger partial charge on any atom is -0.397 e. The Bertz CT molecular complexity index is 643. The highest BCUT2D eigenvalue weighted by Gasteiger charge is 2.07. The number of rotatable bonds is 5. The monoisotopic (exact) mass is 347 g/mol. The van der Waals surface area contributed by atoms with Crippen molar-refractivity contribution in [2.75, 3.05) is 17.6 Å². The number of hydrogen-bond donors (Lipinski definition) is 3. The van der Waals surface area contributed by atoms with E-state index >= 15 is 0 Å². The van der Waals surface area contributed by atoms with Gasteiger partial charge in [-0.3, -0.25) is 4.79 Å². The molecule has 1 amide bonds. The number of nitrogens with two attached hydrogens (primary N) is 1. The molecule has 0 atom stereocenters. The van der Waals surface area contributed by atoms with Crippen molar-refractivity contribution in [1.82, 2.24) is 5.32 Å². The van der Waals surface area contributed by atoms with E-state index in [0.29, 0.717) is 24.3 Å². The summed E-state index contributed by atoms with van der Waals surface area (Å²) in [5.41, 5.74) is 9.07. The summed E-state index contributed by atoms with van der Waals surface area (Å²) in [6.45, 7) is 3.13. The Kier molecular flexibility index (Phi) is 5.22. The van der Waals surface area contributed by atoms with Gasteiger partial charge < -0.3 is 16.4 Å². The molecule has 21 heavy (non-hydrogen) atoms. The van der Waals surface area contributed by atoms with Gasteiger partial charge in [0.1, 0.15) is 0 Å². The third kappa shape index (κ3) is 4.23. The largest absolute Gasteiger partial charge is 0.397 e. The van der Waals surface area contributed by atoms with E-state index in [1.54, 1.807) is 18.2 Å². The minimum atomic E-state index is -0.0944. The van der Waals surface area contributed by atoms with Crippen LogP contribution in [0.15, 0.2) is 46.9 Å². The second-order valence-electron chi connectivity index (χ2n) is 4.64. The second-order valence-corrected chi connectivity index (χ2v) is 5.56. The molecule has 110 valence electrons. The molecule has 2 aromatic carbocycles. The van der Waals surface area contributed by atoms with Crippen molar-refractivity contribution in [3.63, 3.8) is 0 Å². The molecule has 2 rings (SSSR count).